The fourth-order valence-corrected chi connectivity index (χ4v) is 1.57. The summed E-state index contributed by atoms with van der Waals surface area (Å²) in [6, 6.07) is 4.02. The maximum atomic E-state index is 12.8. The number of rotatable bonds is 5. The molecule has 0 amide bonds. The van der Waals surface area contributed by atoms with E-state index in [1.165, 1.54) is 18.2 Å². The first-order chi connectivity index (χ1) is 7.54. The molecule has 16 heavy (non-hydrogen) atoms. The van der Waals surface area contributed by atoms with Gasteiger partial charge in [0.2, 0.25) is 0 Å². The highest BCUT2D eigenvalue weighted by molar-refractivity contribution is 6.31. The molecule has 0 N–H and O–H groups in total. The number of hydrogen-bond donors (Lipinski definition) is 0. The molecule has 0 heterocycles. The van der Waals surface area contributed by atoms with Crippen molar-refractivity contribution in [1.29, 1.82) is 0 Å². The molecule has 0 aromatic heterocycles. The summed E-state index contributed by atoms with van der Waals surface area (Å²) in [4.78, 5) is 11.7. The van der Waals surface area contributed by atoms with Gasteiger partial charge in [-0.25, -0.2) is 4.39 Å². The summed E-state index contributed by atoms with van der Waals surface area (Å²) in [5, 5.41) is 0.275. The number of carbonyl (C=O) groups excluding carboxylic acids is 1. The van der Waals surface area contributed by atoms with Crippen LogP contribution >= 0.6 is 11.6 Å². The smallest absolute Gasteiger partial charge is 0.165 e. The first-order valence-electron chi connectivity index (χ1n) is 5.12. The van der Waals surface area contributed by atoms with E-state index in [0.29, 0.717) is 12.2 Å². The Morgan fingerprint density at radius 2 is 2.25 bits per heavy atom. The second kappa shape index (κ2) is 5.97. The number of Topliss-reactive ketones (excluding diaryl/α,β-unsaturated/α-hetero) is 1. The maximum absolute atomic E-state index is 12.8. The van der Waals surface area contributed by atoms with Gasteiger partial charge in [-0.2, -0.15) is 0 Å². The molecule has 0 aliphatic heterocycles. The van der Waals surface area contributed by atoms with Crippen molar-refractivity contribution in [3.63, 3.8) is 0 Å². The van der Waals surface area contributed by atoms with Gasteiger partial charge in [-0.3, -0.25) is 4.79 Å². The van der Waals surface area contributed by atoms with Gasteiger partial charge in [0.1, 0.15) is 11.9 Å². The van der Waals surface area contributed by atoms with Gasteiger partial charge in [0, 0.05) is 18.1 Å². The van der Waals surface area contributed by atoms with Crippen LogP contribution < -0.4 is 0 Å². The first kappa shape index (κ1) is 13.1. The SMILES string of the molecule is CCOC(C)C(=O)Cc1ccc(F)cc1Cl. The topological polar surface area (TPSA) is 26.3 Å². The van der Waals surface area contributed by atoms with Crippen molar-refractivity contribution < 1.29 is 13.9 Å². The molecule has 1 unspecified atom stereocenters. The van der Waals surface area contributed by atoms with Crippen molar-refractivity contribution in [2.24, 2.45) is 0 Å². The lowest BCUT2D eigenvalue weighted by Crippen LogP contribution is -2.22. The molecule has 88 valence electrons. The van der Waals surface area contributed by atoms with Crippen LogP contribution in [0.5, 0.6) is 0 Å². The van der Waals surface area contributed by atoms with Crippen LogP contribution in [-0.2, 0) is 16.0 Å². The summed E-state index contributed by atoms with van der Waals surface area (Å²) in [6.45, 7) is 4.02. The summed E-state index contributed by atoms with van der Waals surface area (Å²) >= 11 is 5.82. The maximum Gasteiger partial charge on any atom is 0.165 e. The number of ketones is 1. The van der Waals surface area contributed by atoms with Gasteiger partial charge in [-0.1, -0.05) is 17.7 Å². The number of benzene rings is 1. The van der Waals surface area contributed by atoms with E-state index >= 15 is 0 Å². The van der Waals surface area contributed by atoms with Gasteiger partial charge in [0.25, 0.3) is 0 Å². The van der Waals surface area contributed by atoms with Crippen molar-refractivity contribution in [2.75, 3.05) is 6.61 Å². The van der Waals surface area contributed by atoms with E-state index in [1.54, 1.807) is 6.92 Å². The Bertz CT molecular complexity index is 379. The number of hydrogen-bond acceptors (Lipinski definition) is 2. The summed E-state index contributed by atoms with van der Waals surface area (Å²) < 4.78 is 17.9. The molecule has 2 nitrogen and oxygen atoms in total. The molecule has 0 radical (unpaired) electrons. The Balaban J connectivity index is 2.69. The Hall–Kier alpha value is -0.930. The van der Waals surface area contributed by atoms with Crippen LogP contribution in [0.3, 0.4) is 0 Å². The van der Waals surface area contributed by atoms with E-state index in [2.05, 4.69) is 0 Å². The third kappa shape index (κ3) is 3.58. The summed E-state index contributed by atoms with van der Waals surface area (Å²) in [7, 11) is 0. The third-order valence-electron chi connectivity index (χ3n) is 2.25. The van der Waals surface area contributed by atoms with Crippen molar-refractivity contribution in [3.8, 4) is 0 Å². The molecule has 0 spiro atoms. The van der Waals surface area contributed by atoms with Crippen LogP contribution in [0.2, 0.25) is 5.02 Å². The largest absolute Gasteiger partial charge is 0.371 e. The molecule has 1 aromatic rings. The van der Waals surface area contributed by atoms with Gasteiger partial charge < -0.3 is 4.74 Å². The highest BCUT2D eigenvalue weighted by Gasteiger charge is 2.15. The summed E-state index contributed by atoms with van der Waals surface area (Å²) in [5.74, 6) is -0.464. The zero-order chi connectivity index (χ0) is 12.1. The van der Waals surface area contributed by atoms with E-state index in [4.69, 9.17) is 16.3 Å². The fourth-order valence-electron chi connectivity index (χ4n) is 1.34. The molecule has 0 aliphatic rings. The minimum atomic E-state index is -0.453. The molecule has 0 saturated heterocycles. The van der Waals surface area contributed by atoms with Crippen molar-refractivity contribution >= 4 is 17.4 Å². The molecule has 0 saturated carbocycles. The van der Waals surface area contributed by atoms with Gasteiger partial charge in [-0.05, 0) is 31.5 Å². The minimum absolute atomic E-state index is 0.0599. The first-order valence-corrected chi connectivity index (χ1v) is 5.50. The highest BCUT2D eigenvalue weighted by atomic mass is 35.5. The van der Waals surface area contributed by atoms with E-state index in [1.807, 2.05) is 6.92 Å². The quantitative estimate of drug-likeness (QED) is 0.796. The van der Waals surface area contributed by atoms with Gasteiger partial charge >= 0.3 is 0 Å². The summed E-state index contributed by atoms with van der Waals surface area (Å²) in [6.07, 6.45) is -0.286. The molecule has 4 heteroatoms. The standard InChI is InChI=1S/C12H14ClFO2/c1-3-16-8(2)12(15)6-9-4-5-10(14)7-11(9)13/h4-5,7-8H,3,6H2,1-2H3. The normalized spacial score (nSPS) is 12.5. The fraction of sp³-hybridized carbons (Fsp3) is 0.417. The van der Waals surface area contributed by atoms with E-state index in [9.17, 15) is 9.18 Å². The molecule has 0 fully saturated rings. The Morgan fingerprint density at radius 3 is 2.81 bits per heavy atom. The van der Waals surface area contributed by atoms with Crippen LogP contribution in [0.25, 0.3) is 0 Å². The average molecular weight is 245 g/mol. The minimum Gasteiger partial charge on any atom is -0.371 e. The predicted octanol–water partition coefficient (Wildman–Crippen LogP) is 3.02. The predicted molar refractivity (Wildman–Crippen MR) is 61.2 cm³/mol. The zero-order valence-electron chi connectivity index (χ0n) is 9.30. The van der Waals surface area contributed by atoms with Crippen LogP contribution in [0, 0.1) is 5.82 Å². The molecule has 1 rings (SSSR count). The number of halogens is 2. The van der Waals surface area contributed by atoms with E-state index < -0.39 is 11.9 Å². The van der Waals surface area contributed by atoms with Crippen LogP contribution in [-0.4, -0.2) is 18.5 Å². The van der Waals surface area contributed by atoms with Crippen LogP contribution in [0.1, 0.15) is 19.4 Å². The Labute approximate surface area is 99.4 Å². The van der Waals surface area contributed by atoms with Crippen LogP contribution in [0.15, 0.2) is 18.2 Å². The van der Waals surface area contributed by atoms with E-state index in [0.717, 1.165) is 0 Å². The second-order valence-electron chi connectivity index (χ2n) is 3.48. The molecule has 1 aromatic carbocycles. The highest BCUT2D eigenvalue weighted by Crippen LogP contribution is 2.18. The molecule has 1 atom stereocenters. The monoisotopic (exact) mass is 244 g/mol. The molecule has 0 aliphatic carbocycles. The van der Waals surface area contributed by atoms with Gasteiger partial charge in [-0.15, -0.1) is 0 Å². The van der Waals surface area contributed by atoms with Gasteiger partial charge in [0.15, 0.2) is 5.78 Å². The number of ether oxygens (including phenoxy) is 1. The Kier molecular flexibility index (Phi) is 4.90. The average Bonchev–Trinajstić information content (AvgIpc) is 2.22. The van der Waals surface area contributed by atoms with Gasteiger partial charge in [0.05, 0.1) is 0 Å². The lowest BCUT2D eigenvalue weighted by Gasteiger charge is -2.10. The van der Waals surface area contributed by atoms with E-state index in [-0.39, 0.29) is 17.2 Å². The molecule has 0 bridgehead atoms. The molecular weight excluding hydrogens is 231 g/mol. The van der Waals surface area contributed by atoms with Crippen LogP contribution in [0.4, 0.5) is 4.39 Å². The second-order valence-corrected chi connectivity index (χ2v) is 3.88. The lowest BCUT2D eigenvalue weighted by molar-refractivity contribution is -0.128. The van der Waals surface area contributed by atoms with Crippen molar-refractivity contribution in [3.05, 3.63) is 34.6 Å². The van der Waals surface area contributed by atoms with Crippen molar-refractivity contribution in [2.45, 2.75) is 26.4 Å². The lowest BCUT2D eigenvalue weighted by atomic mass is 10.1. The zero-order valence-corrected chi connectivity index (χ0v) is 10.1. The molecular formula is C12H14ClFO2. The third-order valence-corrected chi connectivity index (χ3v) is 2.60. The number of carbonyl (C=O) groups is 1. The van der Waals surface area contributed by atoms with Crippen molar-refractivity contribution in [1.82, 2.24) is 0 Å². The Morgan fingerprint density at radius 1 is 1.56 bits per heavy atom. The summed E-state index contributed by atoms with van der Waals surface area (Å²) in [5.41, 5.74) is 0.625.